The van der Waals surface area contributed by atoms with Gasteiger partial charge >= 0.3 is 0 Å². The topological polar surface area (TPSA) is 73.3 Å². The van der Waals surface area contributed by atoms with Crippen molar-refractivity contribution in [2.75, 3.05) is 36.0 Å². The number of rotatable bonds is 2. The average molecular weight is 319 g/mol. The minimum Gasteiger partial charge on any atom is -0.367 e. The third kappa shape index (κ3) is 2.42. The molecular weight excluding hydrogens is 302 g/mol. The molecule has 0 atom stereocenters. The highest BCUT2D eigenvalue weighted by atomic mass is 15.4. The number of fused-ring (bicyclic) bond motifs is 1. The number of aryl methyl sites for hydroxylation is 1. The van der Waals surface area contributed by atoms with Gasteiger partial charge in [0.2, 0.25) is 5.65 Å². The van der Waals surface area contributed by atoms with Crippen LogP contribution < -0.4 is 9.80 Å². The van der Waals surface area contributed by atoms with Crippen LogP contribution in [0, 0.1) is 18.3 Å². The van der Waals surface area contributed by atoms with Crippen LogP contribution in [0.1, 0.15) is 11.3 Å². The van der Waals surface area contributed by atoms with Gasteiger partial charge in [-0.1, -0.05) is 12.1 Å². The Labute approximate surface area is 139 Å². The van der Waals surface area contributed by atoms with Crippen LogP contribution >= 0.6 is 0 Å². The first kappa shape index (κ1) is 14.5. The molecule has 1 aliphatic heterocycles. The quantitative estimate of drug-likeness (QED) is 0.715. The summed E-state index contributed by atoms with van der Waals surface area (Å²) >= 11 is 0. The van der Waals surface area contributed by atoms with E-state index < -0.39 is 0 Å². The van der Waals surface area contributed by atoms with Gasteiger partial charge < -0.3 is 9.80 Å². The monoisotopic (exact) mass is 319 g/mol. The molecule has 0 unspecified atom stereocenters. The molecule has 0 bridgehead atoms. The van der Waals surface area contributed by atoms with Crippen LogP contribution in [0.4, 0.5) is 11.4 Å². The fraction of sp³-hybridized carbons (Fsp3) is 0.294. The molecule has 4 rings (SSSR count). The van der Waals surface area contributed by atoms with E-state index in [4.69, 9.17) is 0 Å². The summed E-state index contributed by atoms with van der Waals surface area (Å²) in [5, 5.41) is 21.8. The Kier molecular flexibility index (Phi) is 3.50. The molecule has 3 heterocycles. The van der Waals surface area contributed by atoms with Crippen LogP contribution in [-0.4, -0.2) is 46.0 Å². The summed E-state index contributed by atoms with van der Waals surface area (Å²) in [6.45, 7) is 5.43. The lowest BCUT2D eigenvalue weighted by Crippen LogP contribution is -2.47. The molecule has 0 radical (unpaired) electrons. The lowest BCUT2D eigenvalue weighted by Gasteiger charge is -2.37. The molecule has 1 aliphatic rings. The fourth-order valence-corrected chi connectivity index (χ4v) is 3.20. The van der Waals surface area contributed by atoms with E-state index in [1.807, 2.05) is 31.2 Å². The van der Waals surface area contributed by atoms with Crippen LogP contribution in [0.15, 0.2) is 36.7 Å². The van der Waals surface area contributed by atoms with Crippen molar-refractivity contribution in [2.24, 2.45) is 0 Å². The molecule has 0 N–H and O–H groups in total. The Bertz CT molecular complexity index is 916. The summed E-state index contributed by atoms with van der Waals surface area (Å²) < 4.78 is 1.72. The summed E-state index contributed by atoms with van der Waals surface area (Å²) in [6.07, 6.45) is 1.63. The van der Waals surface area contributed by atoms with Gasteiger partial charge in [-0.05, 0) is 25.1 Å². The normalized spacial score (nSPS) is 14.8. The highest BCUT2D eigenvalue weighted by Gasteiger charge is 2.22. The first-order chi connectivity index (χ1) is 11.8. The predicted molar refractivity (Wildman–Crippen MR) is 91.1 cm³/mol. The zero-order chi connectivity index (χ0) is 16.5. The Morgan fingerprint density at radius 3 is 2.50 bits per heavy atom. The Hall–Kier alpha value is -3.14. The van der Waals surface area contributed by atoms with Gasteiger partial charge in [0.05, 0.1) is 22.6 Å². The molecule has 1 aromatic carbocycles. The van der Waals surface area contributed by atoms with Gasteiger partial charge in [0, 0.05) is 26.2 Å². The smallest absolute Gasteiger partial charge is 0.200 e. The SMILES string of the molecule is Cc1cc(N2CCN(c3ccccc3C#N)CC2)c2nncn2n1. The largest absolute Gasteiger partial charge is 0.367 e. The lowest BCUT2D eigenvalue weighted by atomic mass is 10.1. The van der Waals surface area contributed by atoms with E-state index in [2.05, 4.69) is 37.2 Å². The van der Waals surface area contributed by atoms with Crippen molar-refractivity contribution in [3.63, 3.8) is 0 Å². The highest BCUT2D eigenvalue weighted by Crippen LogP contribution is 2.25. The minimum absolute atomic E-state index is 0.727. The molecule has 7 heteroatoms. The fourth-order valence-electron chi connectivity index (χ4n) is 3.20. The van der Waals surface area contributed by atoms with Crippen molar-refractivity contribution < 1.29 is 0 Å². The number of para-hydroxylation sites is 1. The van der Waals surface area contributed by atoms with E-state index in [1.165, 1.54) is 0 Å². The standard InChI is InChI=1S/C17H17N7/c1-13-10-16(17-20-19-12-24(17)21-13)23-8-6-22(7-9-23)15-5-3-2-4-14(15)11-18/h2-5,10,12H,6-9H2,1H3. The lowest BCUT2D eigenvalue weighted by molar-refractivity contribution is 0.651. The Balaban J connectivity index is 1.58. The molecule has 0 aliphatic carbocycles. The van der Waals surface area contributed by atoms with E-state index in [-0.39, 0.29) is 0 Å². The zero-order valence-electron chi connectivity index (χ0n) is 13.4. The maximum Gasteiger partial charge on any atom is 0.200 e. The Morgan fingerprint density at radius 1 is 1.04 bits per heavy atom. The van der Waals surface area contributed by atoms with Crippen molar-refractivity contribution in [1.29, 1.82) is 5.26 Å². The number of hydrogen-bond donors (Lipinski definition) is 0. The number of anilines is 2. The molecule has 1 saturated heterocycles. The predicted octanol–water partition coefficient (Wildman–Crippen LogP) is 1.63. The van der Waals surface area contributed by atoms with E-state index in [1.54, 1.807) is 10.8 Å². The molecule has 0 amide bonds. The van der Waals surface area contributed by atoms with Crippen LogP contribution in [-0.2, 0) is 0 Å². The molecular formula is C17H17N7. The maximum atomic E-state index is 9.29. The van der Waals surface area contributed by atoms with E-state index in [9.17, 15) is 5.26 Å². The molecule has 1 fully saturated rings. The third-order valence-corrected chi connectivity index (χ3v) is 4.36. The second kappa shape index (κ2) is 5.81. The average Bonchev–Trinajstić information content (AvgIpc) is 3.09. The second-order valence-electron chi connectivity index (χ2n) is 5.87. The minimum atomic E-state index is 0.727. The number of nitriles is 1. The maximum absolute atomic E-state index is 9.29. The van der Waals surface area contributed by atoms with Crippen LogP contribution in [0.3, 0.4) is 0 Å². The summed E-state index contributed by atoms with van der Waals surface area (Å²) in [7, 11) is 0. The van der Waals surface area contributed by atoms with Gasteiger partial charge in [-0.2, -0.15) is 14.9 Å². The number of piperazine rings is 1. The van der Waals surface area contributed by atoms with Gasteiger partial charge in [-0.25, -0.2) is 0 Å². The summed E-state index contributed by atoms with van der Waals surface area (Å²) in [6, 6.07) is 12.1. The number of benzene rings is 1. The molecule has 0 saturated carbocycles. The first-order valence-corrected chi connectivity index (χ1v) is 7.93. The summed E-state index contributed by atoms with van der Waals surface area (Å²) in [5.41, 5.74) is 4.53. The second-order valence-corrected chi connectivity index (χ2v) is 5.87. The molecule has 0 spiro atoms. The Morgan fingerprint density at radius 2 is 1.75 bits per heavy atom. The van der Waals surface area contributed by atoms with Crippen LogP contribution in [0.2, 0.25) is 0 Å². The van der Waals surface area contributed by atoms with Gasteiger partial charge in [0.15, 0.2) is 0 Å². The van der Waals surface area contributed by atoms with Crippen molar-refractivity contribution >= 4 is 17.0 Å². The number of aromatic nitrogens is 4. The van der Waals surface area contributed by atoms with Gasteiger partial charge in [0.1, 0.15) is 12.4 Å². The molecule has 7 nitrogen and oxygen atoms in total. The van der Waals surface area contributed by atoms with Gasteiger partial charge in [-0.3, -0.25) is 0 Å². The highest BCUT2D eigenvalue weighted by molar-refractivity contribution is 5.69. The zero-order valence-corrected chi connectivity index (χ0v) is 13.4. The number of hydrogen-bond acceptors (Lipinski definition) is 6. The van der Waals surface area contributed by atoms with E-state index in [0.29, 0.717) is 0 Å². The molecule has 24 heavy (non-hydrogen) atoms. The van der Waals surface area contributed by atoms with Crippen LogP contribution in [0.25, 0.3) is 5.65 Å². The van der Waals surface area contributed by atoms with Crippen LogP contribution in [0.5, 0.6) is 0 Å². The van der Waals surface area contributed by atoms with Crippen molar-refractivity contribution in [3.05, 3.63) is 47.9 Å². The van der Waals surface area contributed by atoms with Gasteiger partial charge in [-0.15, -0.1) is 10.2 Å². The molecule has 2 aromatic heterocycles. The number of nitrogens with zero attached hydrogens (tertiary/aromatic N) is 7. The van der Waals surface area contributed by atoms with E-state index >= 15 is 0 Å². The summed E-state index contributed by atoms with van der Waals surface area (Å²) in [4.78, 5) is 4.58. The summed E-state index contributed by atoms with van der Waals surface area (Å²) in [5.74, 6) is 0. The van der Waals surface area contributed by atoms with Crippen molar-refractivity contribution in [2.45, 2.75) is 6.92 Å². The molecule has 3 aromatic rings. The van der Waals surface area contributed by atoms with Crippen molar-refractivity contribution in [3.8, 4) is 6.07 Å². The third-order valence-electron chi connectivity index (χ3n) is 4.36. The first-order valence-electron chi connectivity index (χ1n) is 7.93. The molecule has 120 valence electrons. The van der Waals surface area contributed by atoms with E-state index in [0.717, 1.165) is 54.5 Å². The van der Waals surface area contributed by atoms with Crippen molar-refractivity contribution in [1.82, 2.24) is 19.8 Å². The van der Waals surface area contributed by atoms with Gasteiger partial charge in [0.25, 0.3) is 0 Å².